The zero-order valence-corrected chi connectivity index (χ0v) is 19.8. The average molecular weight is 501 g/mol. The number of imidazole rings is 1. The molecule has 2 atom stereocenters. The Balaban J connectivity index is 0.00000341. The van der Waals surface area contributed by atoms with Crippen LogP contribution in [-0.2, 0) is 21.7 Å². The van der Waals surface area contributed by atoms with E-state index in [0.717, 1.165) is 5.82 Å². The second kappa shape index (κ2) is 10.2. The van der Waals surface area contributed by atoms with Gasteiger partial charge in [0, 0.05) is 32.1 Å². The summed E-state index contributed by atoms with van der Waals surface area (Å²) < 4.78 is 37.3. The molecule has 1 aliphatic carbocycles. The average Bonchev–Trinajstić information content (AvgIpc) is 3.27. The summed E-state index contributed by atoms with van der Waals surface area (Å²) in [5.74, 6) is -3.49. The van der Waals surface area contributed by atoms with Crippen LogP contribution in [0.1, 0.15) is 57.0 Å². The predicted molar refractivity (Wildman–Crippen MR) is 108 cm³/mol. The van der Waals surface area contributed by atoms with Crippen LogP contribution in [0, 0.1) is 12.8 Å². The lowest BCUT2D eigenvalue weighted by Crippen LogP contribution is -3.00. The number of rotatable bonds is 8. The highest BCUT2D eigenvalue weighted by molar-refractivity contribution is 5.81. The van der Waals surface area contributed by atoms with Crippen molar-refractivity contribution in [1.29, 1.82) is 0 Å². The Kier molecular flexibility index (Phi) is 8.39. The first-order chi connectivity index (χ1) is 14.1. The van der Waals surface area contributed by atoms with Gasteiger partial charge in [-0.15, -0.1) is 0 Å². The van der Waals surface area contributed by atoms with E-state index in [1.165, 1.54) is 0 Å². The van der Waals surface area contributed by atoms with Crippen LogP contribution in [0.2, 0.25) is 0 Å². The molecule has 0 radical (unpaired) electrons. The second-order valence-corrected chi connectivity index (χ2v) is 8.46. The molecule has 1 aliphatic rings. The quantitative estimate of drug-likeness (QED) is 0.333. The van der Waals surface area contributed by atoms with Crippen LogP contribution in [0.5, 0.6) is 0 Å². The normalized spacial score (nSPS) is 19.6. The van der Waals surface area contributed by atoms with E-state index >= 15 is 0 Å². The number of halogens is 3. The summed E-state index contributed by atoms with van der Waals surface area (Å²) in [5, 5.41) is 11.3. The predicted octanol–water partition coefficient (Wildman–Crippen LogP) is 0.925. The number of carbonyl (C=O) groups excluding carboxylic acids is 1. The third-order valence-corrected chi connectivity index (χ3v) is 6.05. The van der Waals surface area contributed by atoms with Crippen molar-refractivity contribution < 1.29 is 45.0 Å². The zero-order valence-electron chi connectivity index (χ0n) is 18.2. The molecule has 1 heterocycles. The number of aromatic nitrogens is 2. The third kappa shape index (κ3) is 5.52. The molecule has 8 heteroatoms. The van der Waals surface area contributed by atoms with Gasteiger partial charge in [0.15, 0.2) is 5.60 Å². The lowest BCUT2D eigenvalue weighted by Gasteiger charge is -2.32. The smallest absolute Gasteiger partial charge is 0.343 e. The first-order valence-electron chi connectivity index (χ1n) is 10.5. The Morgan fingerprint density at radius 3 is 2.58 bits per heavy atom. The standard InChI is InChI=1S/C23H31F2N2O3.BrH/c1-17(2)27-14-13-26(18(27)3)12-7-15-30-21(28)23(29,19-8-5-4-6-9-19)20-10-11-22(24,25)16-20;/h4-6,8-9,13-14,17,20,29H,7,10-12,15-16H2,1-3H3;1H/q+1;/p-1/t20-,23-;/m0./s1. The number of alkyl halides is 2. The number of aryl methyl sites for hydroxylation is 1. The Hall–Kier alpha value is -1.80. The van der Waals surface area contributed by atoms with E-state index in [4.69, 9.17) is 4.74 Å². The van der Waals surface area contributed by atoms with Gasteiger partial charge in [-0.25, -0.2) is 22.7 Å². The number of carbonyl (C=O) groups is 1. The molecule has 3 rings (SSSR count). The van der Waals surface area contributed by atoms with Crippen LogP contribution in [-0.4, -0.2) is 28.2 Å². The number of ether oxygens (including phenoxy) is 1. The summed E-state index contributed by atoms with van der Waals surface area (Å²) in [6, 6.07) is 8.65. The SMILES string of the molecule is Cc1n(CCCOC(=O)[C@](O)(c2ccccc2)[C@H]2CCC(F)(F)C2)cc[n+]1C(C)C.[Br-]. The summed E-state index contributed by atoms with van der Waals surface area (Å²) in [6.07, 6.45) is 3.78. The number of nitrogens with zero attached hydrogens (tertiary/aromatic N) is 2. The molecular weight excluding hydrogens is 470 g/mol. The molecule has 0 bridgehead atoms. The minimum Gasteiger partial charge on any atom is -1.00 e. The zero-order chi connectivity index (χ0) is 21.9. The molecule has 31 heavy (non-hydrogen) atoms. The molecule has 1 saturated carbocycles. The Labute approximate surface area is 192 Å². The van der Waals surface area contributed by atoms with Gasteiger partial charge in [-0.05, 0) is 25.8 Å². The maximum atomic E-state index is 13.8. The summed E-state index contributed by atoms with van der Waals surface area (Å²) in [7, 11) is 0. The van der Waals surface area contributed by atoms with Crippen molar-refractivity contribution in [3.8, 4) is 0 Å². The fourth-order valence-corrected chi connectivity index (χ4v) is 4.33. The van der Waals surface area contributed by atoms with Crippen LogP contribution in [0.25, 0.3) is 0 Å². The minimum absolute atomic E-state index is 0. The van der Waals surface area contributed by atoms with Gasteiger partial charge in [-0.1, -0.05) is 30.3 Å². The molecule has 1 fully saturated rings. The maximum absolute atomic E-state index is 13.8. The lowest BCUT2D eigenvalue weighted by molar-refractivity contribution is -0.721. The van der Waals surface area contributed by atoms with E-state index in [9.17, 15) is 18.7 Å². The highest BCUT2D eigenvalue weighted by Crippen LogP contribution is 2.47. The lowest BCUT2D eigenvalue weighted by atomic mass is 9.80. The van der Waals surface area contributed by atoms with Crippen molar-refractivity contribution in [1.82, 2.24) is 4.57 Å². The fourth-order valence-electron chi connectivity index (χ4n) is 4.33. The molecule has 1 aromatic carbocycles. The van der Waals surface area contributed by atoms with Gasteiger partial charge in [0.05, 0.1) is 19.2 Å². The number of benzene rings is 1. The number of hydrogen-bond donors (Lipinski definition) is 1. The highest BCUT2D eigenvalue weighted by atomic mass is 79.9. The van der Waals surface area contributed by atoms with Crippen LogP contribution >= 0.6 is 0 Å². The molecule has 0 aliphatic heterocycles. The minimum atomic E-state index is -2.87. The topological polar surface area (TPSA) is 55.3 Å². The van der Waals surface area contributed by atoms with Crippen molar-refractivity contribution in [2.45, 2.75) is 70.6 Å². The van der Waals surface area contributed by atoms with E-state index < -0.39 is 29.8 Å². The summed E-state index contributed by atoms with van der Waals surface area (Å²) >= 11 is 0. The Bertz CT molecular complexity index is 873. The molecule has 0 unspecified atom stereocenters. The van der Waals surface area contributed by atoms with Crippen molar-refractivity contribution in [3.05, 3.63) is 54.1 Å². The third-order valence-electron chi connectivity index (χ3n) is 6.05. The van der Waals surface area contributed by atoms with E-state index in [1.54, 1.807) is 30.3 Å². The summed E-state index contributed by atoms with van der Waals surface area (Å²) in [5.41, 5.74) is -1.76. The van der Waals surface area contributed by atoms with E-state index in [1.807, 2.05) is 19.3 Å². The van der Waals surface area contributed by atoms with Crippen LogP contribution < -0.4 is 21.5 Å². The summed E-state index contributed by atoms with van der Waals surface area (Å²) in [6.45, 7) is 7.01. The first kappa shape index (κ1) is 25.5. The number of hydrogen-bond acceptors (Lipinski definition) is 3. The van der Waals surface area contributed by atoms with E-state index in [2.05, 4.69) is 23.0 Å². The van der Waals surface area contributed by atoms with Gasteiger partial charge < -0.3 is 26.8 Å². The molecule has 0 amide bonds. The van der Waals surface area contributed by atoms with Gasteiger partial charge in [0.2, 0.25) is 5.92 Å². The molecule has 172 valence electrons. The van der Waals surface area contributed by atoms with Gasteiger partial charge >= 0.3 is 5.97 Å². The largest absolute Gasteiger partial charge is 1.00 e. The summed E-state index contributed by atoms with van der Waals surface area (Å²) in [4.78, 5) is 12.9. The Morgan fingerprint density at radius 2 is 2.03 bits per heavy atom. The van der Waals surface area contributed by atoms with Gasteiger partial charge in [0.25, 0.3) is 5.82 Å². The van der Waals surface area contributed by atoms with Crippen molar-refractivity contribution in [2.75, 3.05) is 6.61 Å². The highest BCUT2D eigenvalue weighted by Gasteiger charge is 2.54. The molecule has 2 aromatic rings. The van der Waals surface area contributed by atoms with Crippen LogP contribution in [0.3, 0.4) is 0 Å². The maximum Gasteiger partial charge on any atom is 0.343 e. The van der Waals surface area contributed by atoms with Crippen LogP contribution in [0.15, 0.2) is 42.7 Å². The first-order valence-corrected chi connectivity index (χ1v) is 10.5. The van der Waals surface area contributed by atoms with Crippen molar-refractivity contribution >= 4 is 5.97 Å². The van der Waals surface area contributed by atoms with E-state index in [-0.39, 0.29) is 36.4 Å². The molecule has 5 nitrogen and oxygen atoms in total. The van der Waals surface area contributed by atoms with Gasteiger partial charge in [-0.3, -0.25) is 0 Å². The Morgan fingerprint density at radius 1 is 1.35 bits per heavy atom. The number of esters is 1. The van der Waals surface area contributed by atoms with Crippen molar-refractivity contribution in [2.24, 2.45) is 5.92 Å². The van der Waals surface area contributed by atoms with E-state index in [0.29, 0.717) is 24.6 Å². The molecular formula is C23H31BrF2N2O3. The molecule has 1 N–H and O–H groups in total. The fraction of sp³-hybridized carbons (Fsp3) is 0.565. The van der Waals surface area contributed by atoms with Gasteiger partial charge in [-0.2, -0.15) is 0 Å². The second-order valence-electron chi connectivity index (χ2n) is 8.46. The molecule has 0 spiro atoms. The monoisotopic (exact) mass is 500 g/mol. The molecule has 0 saturated heterocycles. The van der Waals surface area contributed by atoms with Gasteiger partial charge in [0.1, 0.15) is 12.4 Å². The van der Waals surface area contributed by atoms with Crippen LogP contribution in [0.4, 0.5) is 8.78 Å². The number of aliphatic hydroxyl groups is 1. The van der Waals surface area contributed by atoms with Crippen molar-refractivity contribution in [3.63, 3.8) is 0 Å². The molecule has 1 aromatic heterocycles.